The van der Waals surface area contributed by atoms with Crippen molar-refractivity contribution in [1.82, 2.24) is 30.9 Å². The summed E-state index contributed by atoms with van der Waals surface area (Å²) in [5.41, 5.74) is 3.96. The topological polar surface area (TPSA) is 130 Å². The lowest BCUT2D eigenvalue weighted by Crippen LogP contribution is -2.51. The Morgan fingerprint density at radius 2 is 1.55 bits per heavy atom. The molecule has 3 amide bonds. The number of benzene rings is 2. The van der Waals surface area contributed by atoms with Gasteiger partial charge in [-0.15, -0.1) is 5.10 Å². The normalized spacial score (nSPS) is 14.3. The summed E-state index contributed by atoms with van der Waals surface area (Å²) in [4.78, 5) is 42.2. The minimum absolute atomic E-state index is 0.0544. The number of rotatable bonds is 18. The van der Waals surface area contributed by atoms with Gasteiger partial charge in [0.05, 0.1) is 30.1 Å². The van der Waals surface area contributed by atoms with Crippen LogP contribution in [0.4, 0.5) is 5.69 Å². The van der Waals surface area contributed by atoms with Gasteiger partial charge in [0.25, 0.3) is 0 Å². The van der Waals surface area contributed by atoms with Crippen molar-refractivity contribution in [2.45, 2.75) is 145 Å². The standard InChI is InChI=1S/C44H67N7O4/c1-12-44(11,40(54)47-42(7,8)30-41(4,5)6)24-28-55-43(9,10)23-25-46-36(52)21-22-37(53)50-29-32-17-13-14-18-33(32)39-38(34-19-15-16-20-35(34)50)48-49-51(39)27-26-45-31(2)3/h13-20,31,45H,12,21-30H2,1-11H3,(H,46,52)(H,47,54). The van der Waals surface area contributed by atoms with Gasteiger partial charge in [0.15, 0.2) is 0 Å². The van der Waals surface area contributed by atoms with Gasteiger partial charge < -0.3 is 25.6 Å². The van der Waals surface area contributed by atoms with E-state index in [0.29, 0.717) is 51.5 Å². The molecule has 0 radical (unpaired) electrons. The average molecular weight is 758 g/mol. The fourth-order valence-electron chi connectivity index (χ4n) is 7.50. The summed E-state index contributed by atoms with van der Waals surface area (Å²) in [6.07, 6.45) is 2.90. The number of amides is 3. The molecule has 1 aliphatic rings. The molecule has 55 heavy (non-hydrogen) atoms. The van der Waals surface area contributed by atoms with Gasteiger partial charge in [-0.1, -0.05) is 96.1 Å². The van der Waals surface area contributed by atoms with Crippen LogP contribution in [0.3, 0.4) is 0 Å². The zero-order valence-electron chi connectivity index (χ0n) is 35.4. The molecule has 0 aliphatic carbocycles. The van der Waals surface area contributed by atoms with Crippen LogP contribution in [0.2, 0.25) is 0 Å². The van der Waals surface area contributed by atoms with Crippen LogP contribution in [0, 0.1) is 10.8 Å². The number of nitrogens with zero attached hydrogens (tertiary/aromatic N) is 4. The number of para-hydroxylation sites is 1. The summed E-state index contributed by atoms with van der Waals surface area (Å²) in [5.74, 6) is -0.264. The van der Waals surface area contributed by atoms with E-state index in [1.807, 2.05) is 74.8 Å². The van der Waals surface area contributed by atoms with Gasteiger partial charge in [-0.3, -0.25) is 14.4 Å². The predicted molar refractivity (Wildman–Crippen MR) is 221 cm³/mol. The van der Waals surface area contributed by atoms with Crippen LogP contribution in [-0.2, 0) is 32.2 Å². The molecule has 1 unspecified atom stereocenters. The first-order chi connectivity index (χ1) is 25.7. The number of aromatic nitrogens is 3. The highest BCUT2D eigenvalue weighted by atomic mass is 16.5. The second kappa shape index (κ2) is 18.2. The van der Waals surface area contributed by atoms with Gasteiger partial charge in [-0.2, -0.15) is 0 Å². The van der Waals surface area contributed by atoms with E-state index in [1.54, 1.807) is 4.90 Å². The van der Waals surface area contributed by atoms with E-state index in [-0.39, 0.29) is 41.5 Å². The summed E-state index contributed by atoms with van der Waals surface area (Å²) in [7, 11) is 0. The molecule has 0 saturated carbocycles. The van der Waals surface area contributed by atoms with E-state index in [0.717, 1.165) is 46.7 Å². The zero-order chi connectivity index (χ0) is 40.6. The van der Waals surface area contributed by atoms with Gasteiger partial charge in [0.2, 0.25) is 17.7 Å². The second-order valence-electron chi connectivity index (χ2n) is 18.2. The summed E-state index contributed by atoms with van der Waals surface area (Å²) >= 11 is 0. The molecule has 0 spiro atoms. The Morgan fingerprint density at radius 1 is 0.873 bits per heavy atom. The Kier molecular flexibility index (Phi) is 14.5. The molecular weight excluding hydrogens is 691 g/mol. The third kappa shape index (κ3) is 12.2. The molecule has 11 nitrogen and oxygen atoms in total. The van der Waals surface area contributed by atoms with Crippen molar-refractivity contribution in [2.24, 2.45) is 10.8 Å². The molecule has 3 N–H and O–H groups in total. The van der Waals surface area contributed by atoms with E-state index in [1.165, 1.54) is 0 Å². The quantitative estimate of drug-likeness (QED) is 0.121. The second-order valence-corrected chi connectivity index (χ2v) is 18.2. The van der Waals surface area contributed by atoms with Crippen LogP contribution in [0.1, 0.15) is 120 Å². The number of carbonyl (C=O) groups excluding carboxylic acids is 3. The highest BCUT2D eigenvalue weighted by Crippen LogP contribution is 2.41. The fourth-order valence-corrected chi connectivity index (χ4v) is 7.50. The van der Waals surface area contributed by atoms with Gasteiger partial charge in [0, 0.05) is 60.7 Å². The number of anilines is 1. The third-order valence-electron chi connectivity index (χ3n) is 10.5. The fraction of sp³-hybridized carbons (Fsp3) is 0.614. The van der Waals surface area contributed by atoms with Crippen molar-refractivity contribution < 1.29 is 19.1 Å². The third-order valence-corrected chi connectivity index (χ3v) is 10.5. The maximum atomic E-state index is 14.0. The van der Waals surface area contributed by atoms with Crippen LogP contribution in [0.15, 0.2) is 48.5 Å². The average Bonchev–Trinajstić information content (AvgIpc) is 3.50. The largest absolute Gasteiger partial charge is 0.375 e. The molecule has 0 bridgehead atoms. The molecule has 1 aliphatic heterocycles. The molecule has 3 aromatic rings. The first-order valence-electron chi connectivity index (χ1n) is 20.1. The van der Waals surface area contributed by atoms with Gasteiger partial charge in [-0.05, 0) is 70.4 Å². The highest BCUT2D eigenvalue weighted by Gasteiger charge is 2.36. The molecular formula is C44H67N7O4. The Balaban J connectivity index is 1.33. The number of fused-ring (bicyclic) bond motifs is 5. The monoisotopic (exact) mass is 758 g/mol. The minimum atomic E-state index is -0.549. The van der Waals surface area contributed by atoms with E-state index < -0.39 is 11.0 Å². The lowest BCUT2D eigenvalue weighted by molar-refractivity contribution is -0.135. The molecule has 302 valence electrons. The number of hydrogen-bond acceptors (Lipinski definition) is 7. The molecule has 0 saturated heterocycles. The lowest BCUT2D eigenvalue weighted by atomic mass is 9.79. The van der Waals surface area contributed by atoms with E-state index in [4.69, 9.17) is 4.74 Å². The van der Waals surface area contributed by atoms with Gasteiger partial charge in [0.1, 0.15) is 5.69 Å². The Hall–Kier alpha value is -4.09. The number of nitrogens with one attached hydrogen (secondary N) is 3. The summed E-state index contributed by atoms with van der Waals surface area (Å²) in [6.45, 7) is 25.6. The van der Waals surface area contributed by atoms with Crippen LogP contribution in [0.5, 0.6) is 0 Å². The van der Waals surface area contributed by atoms with Gasteiger partial charge >= 0.3 is 0 Å². The van der Waals surface area contributed by atoms with Crippen molar-refractivity contribution in [3.63, 3.8) is 0 Å². The Morgan fingerprint density at radius 3 is 2.22 bits per heavy atom. The lowest BCUT2D eigenvalue weighted by Gasteiger charge is -2.37. The molecule has 4 rings (SSSR count). The number of ether oxygens (including phenoxy) is 1. The molecule has 1 atom stereocenters. The smallest absolute Gasteiger partial charge is 0.227 e. The minimum Gasteiger partial charge on any atom is -0.375 e. The number of carbonyl (C=O) groups is 3. The first kappa shape index (κ1) is 43.6. The van der Waals surface area contributed by atoms with Crippen molar-refractivity contribution in [3.8, 4) is 22.5 Å². The molecule has 11 heteroatoms. The molecule has 1 aromatic heterocycles. The van der Waals surface area contributed by atoms with Crippen molar-refractivity contribution in [3.05, 3.63) is 54.1 Å². The molecule has 0 fully saturated rings. The Labute approximate surface area is 329 Å². The van der Waals surface area contributed by atoms with Crippen molar-refractivity contribution >= 4 is 23.4 Å². The SMILES string of the molecule is CCC(C)(CCOC(C)(C)CCNC(=O)CCC(=O)N1Cc2ccccc2-c2c(nnn2CCNC(C)C)-c2ccccc21)C(=O)NC(C)(C)CC(C)(C)C. The first-order valence-corrected chi connectivity index (χ1v) is 20.1. The maximum Gasteiger partial charge on any atom is 0.227 e. The van der Waals surface area contributed by atoms with Crippen molar-refractivity contribution in [1.29, 1.82) is 0 Å². The molecule has 2 aromatic carbocycles. The van der Waals surface area contributed by atoms with Gasteiger partial charge in [-0.25, -0.2) is 4.68 Å². The van der Waals surface area contributed by atoms with E-state index >= 15 is 0 Å². The Bertz CT molecular complexity index is 1770. The van der Waals surface area contributed by atoms with Crippen LogP contribution in [0.25, 0.3) is 22.5 Å². The summed E-state index contributed by atoms with van der Waals surface area (Å²) in [6, 6.07) is 16.2. The molecule has 2 heterocycles. The van der Waals surface area contributed by atoms with E-state index in [2.05, 4.69) is 80.8 Å². The summed E-state index contributed by atoms with van der Waals surface area (Å²) in [5, 5.41) is 18.9. The summed E-state index contributed by atoms with van der Waals surface area (Å²) < 4.78 is 8.23. The predicted octanol–water partition coefficient (Wildman–Crippen LogP) is 7.68. The number of hydrogen-bond donors (Lipinski definition) is 3. The maximum absolute atomic E-state index is 14.0. The van der Waals surface area contributed by atoms with Crippen LogP contribution < -0.4 is 20.9 Å². The zero-order valence-corrected chi connectivity index (χ0v) is 35.4. The highest BCUT2D eigenvalue weighted by molar-refractivity contribution is 6.01. The van der Waals surface area contributed by atoms with Crippen molar-refractivity contribution in [2.75, 3.05) is 24.6 Å². The van der Waals surface area contributed by atoms with Crippen LogP contribution in [-0.4, -0.2) is 69.6 Å². The van der Waals surface area contributed by atoms with Crippen LogP contribution >= 0.6 is 0 Å². The van der Waals surface area contributed by atoms with E-state index in [9.17, 15) is 14.4 Å².